The molecule has 5 heteroatoms. The molecule has 222 valence electrons. The molecule has 45 heavy (non-hydrogen) atoms. The van der Waals surface area contributed by atoms with E-state index in [1.165, 1.54) is 6.92 Å². The number of hydrogen-bond acceptors (Lipinski definition) is 3. The van der Waals surface area contributed by atoms with Gasteiger partial charge in [0.05, 0.1) is 18.1 Å². The molecule has 1 aliphatic rings. The summed E-state index contributed by atoms with van der Waals surface area (Å²) >= 11 is 0. The summed E-state index contributed by atoms with van der Waals surface area (Å²) in [5.41, 5.74) is 7.62. The Labute approximate surface area is 264 Å². The van der Waals surface area contributed by atoms with Crippen LogP contribution in [0.1, 0.15) is 53.8 Å². The smallest absolute Gasteiger partial charge is 0.221 e. The molecule has 0 bridgehead atoms. The fraction of sp³-hybridized carbons (Fsp3) is 0.150. The number of nitrogens with zero attached hydrogens (tertiary/aromatic N) is 2. The fourth-order valence-electron chi connectivity index (χ4n) is 6.19. The normalized spacial score (nSPS) is 13.7. The maximum Gasteiger partial charge on any atom is 0.221 e. The Morgan fingerprint density at radius 2 is 1.33 bits per heavy atom. The molecular formula is C40H35N3O2. The number of benzene rings is 5. The number of anilines is 1. The van der Waals surface area contributed by atoms with E-state index in [2.05, 4.69) is 137 Å². The molecule has 1 amide bonds. The Balaban J connectivity index is 1.31. The lowest BCUT2D eigenvalue weighted by Crippen LogP contribution is -2.37. The lowest BCUT2D eigenvalue weighted by molar-refractivity contribution is -0.114. The predicted octanol–water partition coefficient (Wildman–Crippen LogP) is 8.62. The van der Waals surface area contributed by atoms with Gasteiger partial charge in [0.25, 0.3) is 0 Å². The van der Waals surface area contributed by atoms with Gasteiger partial charge in [-0.25, -0.2) is 4.98 Å². The average molecular weight is 590 g/mol. The van der Waals surface area contributed by atoms with Crippen LogP contribution in [0.5, 0.6) is 0 Å². The first-order valence-corrected chi connectivity index (χ1v) is 15.5. The van der Waals surface area contributed by atoms with Gasteiger partial charge in [-0.2, -0.15) is 0 Å². The molecule has 1 fully saturated rings. The molecule has 1 N–H and O–H groups in total. The van der Waals surface area contributed by atoms with Gasteiger partial charge in [0.15, 0.2) is 0 Å². The highest BCUT2D eigenvalue weighted by Gasteiger charge is 2.39. The molecule has 1 unspecified atom stereocenters. The lowest BCUT2D eigenvalue weighted by Gasteiger charge is -2.37. The summed E-state index contributed by atoms with van der Waals surface area (Å²) in [5, 5.41) is 2.87. The molecule has 0 radical (unpaired) electrons. The van der Waals surface area contributed by atoms with Gasteiger partial charge in [-0.15, -0.1) is 0 Å². The molecule has 1 heterocycles. The highest BCUT2D eigenvalue weighted by atomic mass is 16.5. The highest BCUT2D eigenvalue weighted by Crippen LogP contribution is 2.42. The first-order chi connectivity index (χ1) is 22.1. The molecule has 7 rings (SSSR count). The van der Waals surface area contributed by atoms with E-state index >= 15 is 0 Å². The van der Waals surface area contributed by atoms with E-state index in [-0.39, 0.29) is 18.1 Å². The Bertz CT molecular complexity index is 1780. The number of ether oxygens (including phenoxy) is 1. The molecule has 0 spiro atoms. The molecular weight excluding hydrogens is 554 g/mol. The van der Waals surface area contributed by atoms with Crippen molar-refractivity contribution in [2.75, 3.05) is 5.32 Å². The SMILES string of the molecule is CC(=O)Nc1cccc(-c2ccc(C(OC3CC3)c3cn(C(c4ccccc4)(c4ccccc4)c4ccccc4)cn3)cc2)c1. The third-order valence-electron chi connectivity index (χ3n) is 8.42. The summed E-state index contributed by atoms with van der Waals surface area (Å²) in [6.07, 6.45) is 6.16. The van der Waals surface area contributed by atoms with Crippen molar-refractivity contribution in [3.63, 3.8) is 0 Å². The van der Waals surface area contributed by atoms with Gasteiger partial charge < -0.3 is 14.6 Å². The number of nitrogens with one attached hydrogen (secondary N) is 1. The van der Waals surface area contributed by atoms with Crippen LogP contribution in [-0.2, 0) is 15.1 Å². The molecule has 1 atom stereocenters. The van der Waals surface area contributed by atoms with Crippen LogP contribution in [0.15, 0.2) is 152 Å². The van der Waals surface area contributed by atoms with E-state index in [1.54, 1.807) is 0 Å². The van der Waals surface area contributed by atoms with E-state index in [0.29, 0.717) is 0 Å². The summed E-state index contributed by atoms with van der Waals surface area (Å²) in [6, 6.07) is 48.3. The number of aromatic nitrogens is 2. The zero-order chi connectivity index (χ0) is 30.6. The minimum Gasteiger partial charge on any atom is -0.364 e. The topological polar surface area (TPSA) is 56.1 Å². The van der Waals surface area contributed by atoms with E-state index in [0.717, 1.165) is 57.6 Å². The van der Waals surface area contributed by atoms with Crippen LogP contribution in [0.3, 0.4) is 0 Å². The number of imidazole rings is 1. The third kappa shape index (κ3) is 5.83. The second-order valence-corrected chi connectivity index (χ2v) is 11.6. The summed E-state index contributed by atoms with van der Waals surface area (Å²) in [4.78, 5) is 16.6. The summed E-state index contributed by atoms with van der Waals surface area (Å²) in [7, 11) is 0. The first kappa shape index (κ1) is 28.5. The molecule has 5 aromatic carbocycles. The second kappa shape index (κ2) is 12.4. The zero-order valence-corrected chi connectivity index (χ0v) is 25.2. The maximum atomic E-state index is 11.6. The maximum absolute atomic E-state index is 11.6. The molecule has 0 aliphatic heterocycles. The van der Waals surface area contributed by atoms with Gasteiger partial charge in [0.1, 0.15) is 11.6 Å². The summed E-state index contributed by atoms with van der Waals surface area (Å²) < 4.78 is 8.91. The quantitative estimate of drug-likeness (QED) is 0.163. The van der Waals surface area contributed by atoms with Crippen molar-refractivity contribution >= 4 is 11.6 Å². The summed E-state index contributed by atoms with van der Waals surface area (Å²) in [5.74, 6) is -0.0854. The van der Waals surface area contributed by atoms with E-state index < -0.39 is 5.54 Å². The number of carbonyl (C=O) groups excluding carboxylic acids is 1. The van der Waals surface area contributed by atoms with Crippen LogP contribution < -0.4 is 5.32 Å². The third-order valence-corrected chi connectivity index (χ3v) is 8.42. The van der Waals surface area contributed by atoms with Gasteiger partial charge in [0.2, 0.25) is 5.91 Å². The monoisotopic (exact) mass is 589 g/mol. The van der Waals surface area contributed by atoms with E-state index in [9.17, 15) is 4.79 Å². The van der Waals surface area contributed by atoms with Crippen molar-refractivity contribution < 1.29 is 9.53 Å². The van der Waals surface area contributed by atoms with Gasteiger partial charge in [-0.1, -0.05) is 127 Å². The molecule has 6 aromatic rings. The van der Waals surface area contributed by atoms with Crippen LogP contribution in [0.2, 0.25) is 0 Å². The van der Waals surface area contributed by atoms with Crippen molar-refractivity contribution in [3.8, 4) is 11.1 Å². The Kier molecular flexibility index (Phi) is 7.85. The van der Waals surface area contributed by atoms with Crippen LogP contribution >= 0.6 is 0 Å². The number of hydrogen-bond donors (Lipinski definition) is 1. The molecule has 1 saturated carbocycles. The van der Waals surface area contributed by atoms with Gasteiger partial charge in [-0.05, 0) is 58.4 Å². The fourth-order valence-corrected chi connectivity index (χ4v) is 6.19. The zero-order valence-electron chi connectivity index (χ0n) is 25.2. The van der Waals surface area contributed by atoms with E-state index in [4.69, 9.17) is 9.72 Å². The number of carbonyl (C=O) groups is 1. The highest BCUT2D eigenvalue weighted by molar-refractivity contribution is 5.89. The van der Waals surface area contributed by atoms with Crippen molar-refractivity contribution in [2.24, 2.45) is 0 Å². The van der Waals surface area contributed by atoms with Gasteiger partial charge in [0, 0.05) is 18.8 Å². The van der Waals surface area contributed by atoms with Crippen molar-refractivity contribution in [3.05, 3.63) is 180 Å². The van der Waals surface area contributed by atoms with Gasteiger partial charge >= 0.3 is 0 Å². The van der Waals surface area contributed by atoms with Gasteiger partial charge in [-0.3, -0.25) is 4.79 Å². The first-order valence-electron chi connectivity index (χ1n) is 15.5. The van der Waals surface area contributed by atoms with Crippen LogP contribution in [0, 0.1) is 0 Å². The number of amides is 1. The average Bonchev–Trinajstić information content (AvgIpc) is 3.79. The number of rotatable bonds is 10. The summed E-state index contributed by atoms with van der Waals surface area (Å²) in [6.45, 7) is 1.52. The molecule has 0 saturated heterocycles. The Morgan fingerprint density at radius 1 is 0.756 bits per heavy atom. The van der Waals surface area contributed by atoms with Crippen molar-refractivity contribution in [1.29, 1.82) is 0 Å². The molecule has 1 aliphatic carbocycles. The van der Waals surface area contributed by atoms with Crippen molar-refractivity contribution in [1.82, 2.24) is 9.55 Å². The van der Waals surface area contributed by atoms with Crippen LogP contribution in [0.4, 0.5) is 5.69 Å². The minimum atomic E-state index is -0.637. The van der Waals surface area contributed by atoms with Crippen molar-refractivity contribution in [2.45, 2.75) is 37.5 Å². The Morgan fingerprint density at radius 3 is 1.87 bits per heavy atom. The molecule has 5 nitrogen and oxygen atoms in total. The predicted molar refractivity (Wildman–Crippen MR) is 179 cm³/mol. The largest absolute Gasteiger partial charge is 0.364 e. The Hall–Kier alpha value is -5.26. The van der Waals surface area contributed by atoms with E-state index in [1.807, 2.05) is 24.5 Å². The van der Waals surface area contributed by atoms with Crippen LogP contribution in [0.25, 0.3) is 11.1 Å². The standard InChI is InChI=1S/C40H35N3O2/c1-29(44)42-36-19-11-12-32(26-36)30-20-22-31(23-21-30)39(45-37-24-25-37)38-27-43(28-41-38)40(33-13-5-2-6-14-33,34-15-7-3-8-16-34)35-17-9-4-10-18-35/h2-23,26-28,37,39H,24-25H2,1H3,(H,42,44). The second-order valence-electron chi connectivity index (χ2n) is 11.6. The minimum absolute atomic E-state index is 0.0854. The molecule has 1 aromatic heterocycles. The van der Waals surface area contributed by atoms with Crippen LogP contribution in [-0.4, -0.2) is 21.6 Å². The lowest BCUT2D eigenvalue weighted by atomic mass is 9.77.